The molecule has 1 aromatic heterocycles. The number of rotatable bonds is 3. The van der Waals surface area contributed by atoms with Crippen molar-refractivity contribution >= 4 is 34.0 Å². The van der Waals surface area contributed by atoms with Crippen molar-refractivity contribution in [2.75, 3.05) is 4.90 Å². The molecule has 0 radical (unpaired) electrons. The third-order valence-electron chi connectivity index (χ3n) is 2.37. The predicted molar refractivity (Wildman–Crippen MR) is 68.3 cm³/mol. The summed E-state index contributed by atoms with van der Waals surface area (Å²) in [6.45, 7) is 1.32. The maximum Gasteiger partial charge on any atom is 0.338 e. The molecule has 0 atom stereocenters. The summed E-state index contributed by atoms with van der Waals surface area (Å²) in [5.74, 6) is -2.59. The summed E-state index contributed by atoms with van der Waals surface area (Å²) in [7, 11) is 0. The smallest absolute Gasteiger partial charge is 0.338 e. The molecule has 1 amide bonds. The van der Waals surface area contributed by atoms with Gasteiger partial charge in [0.1, 0.15) is 5.82 Å². The molecule has 0 fully saturated rings. The van der Waals surface area contributed by atoms with Gasteiger partial charge in [0.25, 0.3) is 0 Å². The van der Waals surface area contributed by atoms with Crippen molar-refractivity contribution in [1.29, 1.82) is 0 Å². The number of thiazole rings is 1. The van der Waals surface area contributed by atoms with Gasteiger partial charge < -0.3 is 5.11 Å². The first-order chi connectivity index (χ1) is 9.00. The maximum absolute atomic E-state index is 13.6. The number of aromatic carboxylic acids is 1. The number of carboxylic acid groups (broad SMARTS) is 1. The summed E-state index contributed by atoms with van der Waals surface area (Å²) in [6, 6.07) is 3.50. The van der Waals surface area contributed by atoms with Crippen molar-refractivity contribution in [3.63, 3.8) is 0 Å². The Kier molecular flexibility index (Phi) is 3.57. The van der Waals surface area contributed by atoms with E-state index in [4.69, 9.17) is 5.11 Å². The lowest BCUT2D eigenvalue weighted by molar-refractivity contribution is -0.115. The van der Waals surface area contributed by atoms with Gasteiger partial charge >= 0.3 is 5.97 Å². The van der Waals surface area contributed by atoms with Crippen LogP contribution in [-0.2, 0) is 4.79 Å². The molecule has 19 heavy (non-hydrogen) atoms. The third kappa shape index (κ3) is 2.60. The highest BCUT2D eigenvalue weighted by Crippen LogP contribution is 2.28. The molecule has 7 heteroatoms. The molecular weight excluding hydrogens is 271 g/mol. The van der Waals surface area contributed by atoms with Crippen LogP contribution in [0.2, 0.25) is 0 Å². The zero-order valence-corrected chi connectivity index (χ0v) is 10.6. The number of aromatic nitrogens is 1. The summed E-state index contributed by atoms with van der Waals surface area (Å²) in [4.78, 5) is 27.6. The van der Waals surface area contributed by atoms with E-state index in [0.29, 0.717) is 5.13 Å². The summed E-state index contributed by atoms with van der Waals surface area (Å²) in [5, 5.41) is 10.8. The molecular formula is C12H9FN2O3S. The third-order valence-corrected chi connectivity index (χ3v) is 3.12. The second-order valence-corrected chi connectivity index (χ2v) is 4.51. The first-order valence-electron chi connectivity index (χ1n) is 5.23. The SMILES string of the molecule is CC(=O)N(c1ccc(C(=O)O)c(F)c1)c1nccs1. The molecule has 0 bridgehead atoms. The standard InChI is InChI=1S/C12H9FN2O3S/c1-7(16)15(12-14-4-5-19-12)8-2-3-9(11(17)18)10(13)6-8/h2-6H,1H3,(H,17,18). The van der Waals surface area contributed by atoms with Crippen LogP contribution in [-0.4, -0.2) is 22.0 Å². The zero-order chi connectivity index (χ0) is 14.0. The number of anilines is 2. The van der Waals surface area contributed by atoms with Gasteiger partial charge in [0, 0.05) is 18.5 Å². The molecule has 0 aliphatic heterocycles. The van der Waals surface area contributed by atoms with Crippen LogP contribution in [0, 0.1) is 5.82 Å². The van der Waals surface area contributed by atoms with Crippen molar-refractivity contribution < 1.29 is 19.1 Å². The molecule has 0 saturated heterocycles. The highest BCUT2D eigenvalue weighted by Gasteiger charge is 2.19. The van der Waals surface area contributed by atoms with Gasteiger partial charge in [-0.25, -0.2) is 14.2 Å². The number of carboxylic acids is 1. The molecule has 0 aliphatic carbocycles. The van der Waals surface area contributed by atoms with Crippen LogP contribution in [0.15, 0.2) is 29.8 Å². The largest absolute Gasteiger partial charge is 0.478 e. The average molecular weight is 280 g/mol. The van der Waals surface area contributed by atoms with E-state index in [1.54, 1.807) is 5.38 Å². The maximum atomic E-state index is 13.6. The van der Waals surface area contributed by atoms with Gasteiger partial charge in [-0.1, -0.05) is 0 Å². The molecule has 5 nitrogen and oxygen atoms in total. The van der Waals surface area contributed by atoms with Crippen LogP contribution < -0.4 is 4.90 Å². The minimum atomic E-state index is -1.35. The normalized spacial score (nSPS) is 10.2. The number of hydrogen-bond acceptors (Lipinski definition) is 4. The van der Waals surface area contributed by atoms with Crippen molar-refractivity contribution in [2.24, 2.45) is 0 Å². The predicted octanol–water partition coefficient (Wildman–Crippen LogP) is 2.67. The number of carbonyl (C=O) groups excluding carboxylic acids is 1. The Labute approximate surface area is 111 Å². The summed E-state index contributed by atoms with van der Waals surface area (Å²) in [6.07, 6.45) is 1.53. The van der Waals surface area contributed by atoms with Crippen LogP contribution in [0.3, 0.4) is 0 Å². The van der Waals surface area contributed by atoms with E-state index in [2.05, 4.69) is 4.98 Å². The number of halogens is 1. The van der Waals surface area contributed by atoms with E-state index < -0.39 is 17.3 Å². The van der Waals surface area contributed by atoms with Gasteiger partial charge in [-0.15, -0.1) is 11.3 Å². The van der Waals surface area contributed by atoms with E-state index in [-0.39, 0.29) is 11.6 Å². The zero-order valence-electron chi connectivity index (χ0n) is 9.83. The van der Waals surface area contributed by atoms with Gasteiger partial charge in [-0.3, -0.25) is 9.69 Å². The highest BCUT2D eigenvalue weighted by molar-refractivity contribution is 7.13. The molecule has 98 valence electrons. The topological polar surface area (TPSA) is 70.5 Å². The van der Waals surface area contributed by atoms with Crippen molar-refractivity contribution in [1.82, 2.24) is 4.98 Å². The number of nitrogens with zero attached hydrogens (tertiary/aromatic N) is 2. The van der Waals surface area contributed by atoms with Crippen molar-refractivity contribution in [2.45, 2.75) is 6.92 Å². The Bertz CT molecular complexity index is 628. The Balaban J connectivity index is 2.47. The van der Waals surface area contributed by atoms with E-state index in [0.717, 1.165) is 12.1 Å². The fraction of sp³-hybridized carbons (Fsp3) is 0.0833. The second-order valence-electron chi connectivity index (χ2n) is 3.64. The van der Waals surface area contributed by atoms with Crippen molar-refractivity contribution in [3.05, 3.63) is 41.2 Å². The van der Waals surface area contributed by atoms with Crippen LogP contribution in [0.1, 0.15) is 17.3 Å². The van der Waals surface area contributed by atoms with E-state index in [1.165, 1.54) is 35.4 Å². The van der Waals surface area contributed by atoms with E-state index in [9.17, 15) is 14.0 Å². The Hall–Kier alpha value is -2.28. The first kappa shape index (κ1) is 13.2. The van der Waals surface area contributed by atoms with Gasteiger partial charge in [0.2, 0.25) is 5.91 Å². The molecule has 2 rings (SSSR count). The van der Waals surface area contributed by atoms with E-state index in [1.807, 2.05) is 0 Å². The molecule has 2 aromatic rings. The molecule has 1 N–H and O–H groups in total. The summed E-state index contributed by atoms with van der Waals surface area (Å²) in [5.41, 5.74) is -0.198. The Morgan fingerprint density at radius 3 is 2.63 bits per heavy atom. The molecule has 0 saturated carbocycles. The van der Waals surface area contributed by atoms with Gasteiger partial charge in [0.05, 0.1) is 11.3 Å². The highest BCUT2D eigenvalue weighted by atomic mass is 32.1. The van der Waals surface area contributed by atoms with Gasteiger partial charge in [0.15, 0.2) is 5.13 Å². The monoisotopic (exact) mass is 280 g/mol. The first-order valence-corrected chi connectivity index (χ1v) is 6.11. The molecule has 1 heterocycles. The minimum absolute atomic E-state index is 0.241. The molecule has 1 aromatic carbocycles. The Morgan fingerprint density at radius 1 is 1.42 bits per heavy atom. The average Bonchev–Trinajstić information content (AvgIpc) is 2.81. The summed E-state index contributed by atoms with van der Waals surface area (Å²) >= 11 is 1.23. The van der Waals surface area contributed by atoms with Crippen molar-refractivity contribution in [3.8, 4) is 0 Å². The summed E-state index contributed by atoms with van der Waals surface area (Å²) < 4.78 is 13.6. The van der Waals surface area contributed by atoms with Crippen LogP contribution >= 0.6 is 11.3 Å². The lowest BCUT2D eigenvalue weighted by Gasteiger charge is -2.18. The Morgan fingerprint density at radius 2 is 2.16 bits per heavy atom. The van der Waals surface area contributed by atoms with E-state index >= 15 is 0 Å². The minimum Gasteiger partial charge on any atom is -0.478 e. The lowest BCUT2D eigenvalue weighted by Crippen LogP contribution is -2.22. The van der Waals surface area contributed by atoms with Gasteiger partial charge in [-0.05, 0) is 18.2 Å². The molecule has 0 aliphatic rings. The quantitative estimate of drug-likeness (QED) is 0.938. The number of benzene rings is 1. The van der Waals surface area contributed by atoms with Crippen LogP contribution in [0.4, 0.5) is 15.2 Å². The molecule has 0 unspecified atom stereocenters. The van der Waals surface area contributed by atoms with Gasteiger partial charge in [-0.2, -0.15) is 0 Å². The molecule has 0 spiro atoms. The second kappa shape index (κ2) is 5.15. The van der Waals surface area contributed by atoms with Crippen LogP contribution in [0.5, 0.6) is 0 Å². The number of carbonyl (C=O) groups is 2. The fourth-order valence-corrected chi connectivity index (χ4v) is 2.27. The fourth-order valence-electron chi connectivity index (χ4n) is 1.57. The lowest BCUT2D eigenvalue weighted by atomic mass is 10.2. The van der Waals surface area contributed by atoms with Crippen LogP contribution in [0.25, 0.3) is 0 Å². The number of amides is 1. The number of hydrogen-bond donors (Lipinski definition) is 1.